The molecule has 0 aliphatic carbocycles. The van der Waals surface area contributed by atoms with E-state index in [9.17, 15) is 13.2 Å². The fraction of sp³-hybridized carbons (Fsp3) is 0.417. The highest BCUT2D eigenvalue weighted by molar-refractivity contribution is 7.93. The van der Waals surface area contributed by atoms with E-state index in [2.05, 4.69) is 5.32 Å². The Hall–Kier alpha value is -1.40. The Bertz CT molecular complexity index is 608. The molecule has 5 nitrogen and oxygen atoms in total. The molecule has 1 aliphatic rings. The number of nitrogens with two attached hydrogens (primary N) is 1. The second-order valence-electron chi connectivity index (χ2n) is 4.56. The Morgan fingerprint density at radius 1 is 1.33 bits per heavy atom. The first-order valence-corrected chi connectivity index (χ1v) is 7.28. The molecule has 0 aromatic heterocycles. The number of aryl methyl sites for hydroxylation is 2. The standard InChI is InChI=1S/C12H16N2O3S/c1-7-5-8(2)11-9(6-7)14-12(15)10(3-4-13)18(11,16)17/h5-6,10H,3-4,13H2,1-2H3,(H,14,15). The van der Waals surface area contributed by atoms with E-state index in [1.807, 2.05) is 6.92 Å². The van der Waals surface area contributed by atoms with E-state index in [0.717, 1.165) is 5.56 Å². The molecule has 2 rings (SSSR count). The molecule has 0 saturated carbocycles. The molecular weight excluding hydrogens is 252 g/mol. The van der Waals surface area contributed by atoms with Gasteiger partial charge in [-0.1, -0.05) is 6.07 Å². The molecule has 1 aliphatic heterocycles. The van der Waals surface area contributed by atoms with Gasteiger partial charge in [-0.2, -0.15) is 0 Å². The van der Waals surface area contributed by atoms with Gasteiger partial charge < -0.3 is 11.1 Å². The molecule has 0 bridgehead atoms. The van der Waals surface area contributed by atoms with Crippen molar-refractivity contribution in [1.29, 1.82) is 0 Å². The number of fused-ring (bicyclic) bond motifs is 1. The Labute approximate surface area is 106 Å². The lowest BCUT2D eigenvalue weighted by Crippen LogP contribution is -2.41. The average Bonchev–Trinajstić information content (AvgIpc) is 2.22. The topological polar surface area (TPSA) is 89.3 Å². The number of hydrogen-bond donors (Lipinski definition) is 2. The lowest BCUT2D eigenvalue weighted by molar-refractivity contribution is -0.116. The molecular formula is C12H16N2O3S. The summed E-state index contributed by atoms with van der Waals surface area (Å²) in [6.45, 7) is 3.76. The lowest BCUT2D eigenvalue weighted by atomic mass is 10.1. The van der Waals surface area contributed by atoms with Gasteiger partial charge in [-0.15, -0.1) is 0 Å². The maximum Gasteiger partial charge on any atom is 0.243 e. The monoisotopic (exact) mass is 268 g/mol. The summed E-state index contributed by atoms with van der Waals surface area (Å²) in [5.74, 6) is -0.488. The normalized spacial score (nSPS) is 21.3. The first-order valence-electron chi connectivity index (χ1n) is 5.74. The zero-order valence-corrected chi connectivity index (χ0v) is 11.2. The van der Waals surface area contributed by atoms with Gasteiger partial charge in [0.25, 0.3) is 0 Å². The van der Waals surface area contributed by atoms with E-state index >= 15 is 0 Å². The van der Waals surface area contributed by atoms with Gasteiger partial charge in [0.15, 0.2) is 9.84 Å². The van der Waals surface area contributed by atoms with Crippen molar-refractivity contribution < 1.29 is 13.2 Å². The molecule has 18 heavy (non-hydrogen) atoms. The van der Waals surface area contributed by atoms with Crippen LogP contribution in [0.25, 0.3) is 0 Å². The van der Waals surface area contributed by atoms with E-state index in [-0.39, 0.29) is 17.9 Å². The van der Waals surface area contributed by atoms with Crippen molar-refractivity contribution in [2.45, 2.75) is 30.4 Å². The van der Waals surface area contributed by atoms with Crippen molar-refractivity contribution in [3.05, 3.63) is 23.3 Å². The van der Waals surface area contributed by atoms with Crippen LogP contribution in [0.5, 0.6) is 0 Å². The number of hydrogen-bond acceptors (Lipinski definition) is 4. The summed E-state index contributed by atoms with van der Waals surface area (Å²) in [5.41, 5.74) is 7.34. The van der Waals surface area contributed by atoms with Gasteiger partial charge in [-0.05, 0) is 44.0 Å². The number of anilines is 1. The molecule has 0 fully saturated rings. The third-order valence-corrected chi connectivity index (χ3v) is 5.37. The Balaban J connectivity index is 2.67. The molecule has 0 saturated heterocycles. The van der Waals surface area contributed by atoms with Gasteiger partial charge in [0, 0.05) is 0 Å². The second kappa shape index (κ2) is 4.37. The van der Waals surface area contributed by atoms with E-state index < -0.39 is 21.0 Å². The number of amides is 1. The molecule has 1 aromatic carbocycles. The van der Waals surface area contributed by atoms with E-state index in [1.54, 1.807) is 19.1 Å². The maximum absolute atomic E-state index is 12.4. The maximum atomic E-state index is 12.4. The van der Waals surface area contributed by atoms with Crippen LogP contribution in [0.1, 0.15) is 17.5 Å². The zero-order chi connectivity index (χ0) is 13.5. The predicted molar refractivity (Wildman–Crippen MR) is 69.2 cm³/mol. The SMILES string of the molecule is Cc1cc(C)c2c(c1)NC(=O)C(CCN)S2(=O)=O. The summed E-state index contributed by atoms with van der Waals surface area (Å²) in [6, 6.07) is 3.48. The molecule has 1 atom stereocenters. The number of benzene rings is 1. The fourth-order valence-electron chi connectivity index (χ4n) is 2.36. The summed E-state index contributed by atoms with van der Waals surface area (Å²) in [7, 11) is -3.63. The van der Waals surface area contributed by atoms with Gasteiger partial charge in [0.2, 0.25) is 5.91 Å². The van der Waals surface area contributed by atoms with E-state index in [0.29, 0.717) is 11.3 Å². The third kappa shape index (κ3) is 1.91. The minimum Gasteiger partial charge on any atom is -0.330 e. The Morgan fingerprint density at radius 2 is 2.00 bits per heavy atom. The Kier molecular flexibility index (Phi) is 3.16. The number of sulfone groups is 1. The third-order valence-electron chi connectivity index (χ3n) is 3.06. The van der Waals surface area contributed by atoms with Gasteiger partial charge in [0.05, 0.1) is 10.6 Å². The molecule has 3 N–H and O–H groups in total. The minimum atomic E-state index is -3.63. The van der Waals surface area contributed by atoms with Crippen LogP contribution in [0, 0.1) is 13.8 Å². The van der Waals surface area contributed by atoms with Crippen LogP contribution in [0.2, 0.25) is 0 Å². The molecule has 1 aromatic rings. The fourth-order valence-corrected chi connectivity index (χ4v) is 4.35. The summed E-state index contributed by atoms with van der Waals surface area (Å²) in [6.07, 6.45) is 0.140. The zero-order valence-electron chi connectivity index (χ0n) is 10.4. The van der Waals surface area contributed by atoms with Crippen LogP contribution in [0.4, 0.5) is 5.69 Å². The second-order valence-corrected chi connectivity index (χ2v) is 6.63. The molecule has 0 spiro atoms. The van der Waals surface area contributed by atoms with E-state index in [4.69, 9.17) is 5.73 Å². The van der Waals surface area contributed by atoms with Crippen LogP contribution in [-0.4, -0.2) is 26.1 Å². The smallest absolute Gasteiger partial charge is 0.243 e. The number of rotatable bonds is 2. The van der Waals surface area contributed by atoms with Gasteiger partial charge in [0.1, 0.15) is 5.25 Å². The van der Waals surface area contributed by atoms with Crippen molar-refractivity contribution in [3.8, 4) is 0 Å². The summed E-state index contributed by atoms with van der Waals surface area (Å²) in [4.78, 5) is 12.1. The first kappa shape index (κ1) is 13.0. The summed E-state index contributed by atoms with van der Waals surface area (Å²) < 4.78 is 24.8. The van der Waals surface area contributed by atoms with Crippen molar-refractivity contribution in [2.75, 3.05) is 11.9 Å². The highest BCUT2D eigenvalue weighted by Gasteiger charge is 2.40. The van der Waals surface area contributed by atoms with Crippen molar-refractivity contribution in [3.63, 3.8) is 0 Å². The summed E-state index contributed by atoms with van der Waals surface area (Å²) in [5, 5.41) is 1.59. The molecule has 98 valence electrons. The van der Waals surface area contributed by atoms with Crippen LogP contribution in [0.15, 0.2) is 17.0 Å². The van der Waals surface area contributed by atoms with Crippen molar-refractivity contribution in [2.24, 2.45) is 5.73 Å². The van der Waals surface area contributed by atoms with Crippen LogP contribution in [-0.2, 0) is 14.6 Å². The molecule has 1 unspecified atom stereocenters. The van der Waals surface area contributed by atoms with Gasteiger partial charge in [-0.3, -0.25) is 4.79 Å². The number of carbonyl (C=O) groups excluding carboxylic acids is 1. The van der Waals surface area contributed by atoms with Crippen LogP contribution >= 0.6 is 0 Å². The average molecular weight is 268 g/mol. The molecule has 1 amide bonds. The van der Waals surface area contributed by atoms with Crippen LogP contribution < -0.4 is 11.1 Å². The number of nitrogens with one attached hydrogen (secondary N) is 1. The van der Waals surface area contributed by atoms with Crippen molar-refractivity contribution in [1.82, 2.24) is 0 Å². The highest BCUT2D eigenvalue weighted by atomic mass is 32.2. The van der Waals surface area contributed by atoms with Gasteiger partial charge in [-0.25, -0.2) is 8.42 Å². The predicted octanol–water partition coefficient (Wildman–Crippen LogP) is 0.747. The largest absolute Gasteiger partial charge is 0.330 e. The molecule has 0 radical (unpaired) electrons. The quantitative estimate of drug-likeness (QED) is 0.828. The van der Waals surface area contributed by atoms with Crippen LogP contribution in [0.3, 0.4) is 0 Å². The van der Waals surface area contributed by atoms with Gasteiger partial charge >= 0.3 is 0 Å². The van der Waals surface area contributed by atoms with E-state index in [1.165, 1.54) is 0 Å². The number of carbonyl (C=O) groups is 1. The molecule has 6 heteroatoms. The first-order chi connectivity index (χ1) is 8.37. The molecule has 1 heterocycles. The van der Waals surface area contributed by atoms with Crippen molar-refractivity contribution >= 4 is 21.4 Å². The minimum absolute atomic E-state index is 0.140. The summed E-state index contributed by atoms with van der Waals surface area (Å²) >= 11 is 0. The lowest BCUT2D eigenvalue weighted by Gasteiger charge is -2.26. The highest BCUT2D eigenvalue weighted by Crippen LogP contribution is 2.34. The Morgan fingerprint density at radius 3 is 2.61 bits per heavy atom.